The first-order valence-corrected chi connectivity index (χ1v) is 5.08. The van der Waals surface area contributed by atoms with Crippen molar-refractivity contribution in [2.75, 3.05) is 0 Å². The number of pyridine rings is 1. The molecule has 0 atom stereocenters. The number of hydrogen-bond donors (Lipinski definition) is 0. The van der Waals surface area contributed by atoms with Crippen LogP contribution in [0, 0.1) is 11.3 Å². The molecule has 0 aliphatic heterocycles. The minimum atomic E-state index is 0.478. The molecule has 1 aromatic rings. The van der Waals surface area contributed by atoms with Crippen LogP contribution in [0.25, 0.3) is 0 Å². The van der Waals surface area contributed by atoms with Gasteiger partial charge in [-0.1, -0.05) is 33.3 Å². The largest absolute Gasteiger partial charge is 0.245 e. The highest BCUT2D eigenvalue weighted by molar-refractivity contribution is 5.34. The Labute approximate surface area is 85.6 Å². The van der Waals surface area contributed by atoms with Crippen molar-refractivity contribution in [3.63, 3.8) is 0 Å². The molecule has 0 N–H and O–H groups in total. The quantitative estimate of drug-likeness (QED) is 0.731. The second-order valence-corrected chi connectivity index (χ2v) is 3.79. The van der Waals surface area contributed by atoms with Crippen molar-refractivity contribution in [1.29, 1.82) is 5.26 Å². The highest BCUT2D eigenvalue weighted by Crippen LogP contribution is 2.17. The molecular formula is C12H16N2. The average Bonchev–Trinajstić information content (AvgIpc) is 2.18. The van der Waals surface area contributed by atoms with Crippen molar-refractivity contribution < 1.29 is 0 Å². The Balaban J connectivity index is 3.09. The molecule has 0 unspecified atom stereocenters. The van der Waals surface area contributed by atoms with Gasteiger partial charge in [-0.15, -0.1) is 0 Å². The summed E-state index contributed by atoms with van der Waals surface area (Å²) in [6, 6.07) is 4.25. The Bertz CT molecular complexity index is 348. The van der Waals surface area contributed by atoms with Gasteiger partial charge in [0, 0.05) is 6.20 Å². The van der Waals surface area contributed by atoms with Crippen LogP contribution in [-0.4, -0.2) is 4.98 Å². The summed E-state index contributed by atoms with van der Waals surface area (Å²) < 4.78 is 0. The van der Waals surface area contributed by atoms with Crippen LogP contribution in [0.15, 0.2) is 12.3 Å². The van der Waals surface area contributed by atoms with Crippen molar-refractivity contribution in [1.82, 2.24) is 4.98 Å². The predicted octanol–water partition coefficient (Wildman–Crippen LogP) is 3.03. The van der Waals surface area contributed by atoms with Crippen molar-refractivity contribution in [2.45, 2.75) is 39.5 Å². The second kappa shape index (κ2) is 4.76. The third-order valence-corrected chi connectivity index (χ3v) is 2.28. The first-order valence-electron chi connectivity index (χ1n) is 5.08. The highest BCUT2D eigenvalue weighted by atomic mass is 14.7. The zero-order chi connectivity index (χ0) is 10.6. The van der Waals surface area contributed by atoms with E-state index in [1.165, 1.54) is 5.56 Å². The predicted molar refractivity (Wildman–Crippen MR) is 57.0 cm³/mol. The molecule has 0 radical (unpaired) electrons. The molecule has 14 heavy (non-hydrogen) atoms. The van der Waals surface area contributed by atoms with Gasteiger partial charge in [0.2, 0.25) is 0 Å². The van der Waals surface area contributed by atoms with Crippen molar-refractivity contribution in [3.8, 4) is 6.07 Å². The molecule has 1 rings (SSSR count). The molecule has 2 nitrogen and oxygen atoms in total. The molecular weight excluding hydrogens is 172 g/mol. The van der Waals surface area contributed by atoms with Crippen LogP contribution >= 0.6 is 0 Å². The van der Waals surface area contributed by atoms with Gasteiger partial charge < -0.3 is 0 Å². The summed E-state index contributed by atoms with van der Waals surface area (Å²) in [5.41, 5.74) is 2.88. The van der Waals surface area contributed by atoms with Crippen LogP contribution in [0.4, 0.5) is 0 Å². The van der Waals surface area contributed by atoms with Gasteiger partial charge in [0.15, 0.2) is 0 Å². The summed E-state index contributed by atoms with van der Waals surface area (Å²) in [6.45, 7) is 6.39. The standard InChI is InChI=1S/C12H16N2/c1-4-5-10-6-11(9(2)3)8-14-12(10)7-13/h6,8-9H,4-5H2,1-3H3. The molecule has 0 amide bonds. The minimum absolute atomic E-state index is 0.478. The minimum Gasteiger partial charge on any atom is -0.245 e. The van der Waals surface area contributed by atoms with Gasteiger partial charge in [-0.05, 0) is 23.5 Å². The second-order valence-electron chi connectivity index (χ2n) is 3.79. The summed E-state index contributed by atoms with van der Waals surface area (Å²) in [4.78, 5) is 4.18. The maximum atomic E-state index is 8.86. The molecule has 0 fully saturated rings. The normalized spacial score (nSPS) is 10.2. The van der Waals surface area contributed by atoms with E-state index >= 15 is 0 Å². The van der Waals surface area contributed by atoms with Crippen molar-refractivity contribution in [2.24, 2.45) is 0 Å². The monoisotopic (exact) mass is 188 g/mol. The van der Waals surface area contributed by atoms with E-state index in [2.05, 4.69) is 37.9 Å². The fraction of sp³-hybridized carbons (Fsp3) is 0.500. The molecule has 0 aromatic carbocycles. The lowest BCUT2D eigenvalue weighted by Gasteiger charge is -2.08. The number of nitriles is 1. The van der Waals surface area contributed by atoms with E-state index in [4.69, 9.17) is 5.26 Å². The lowest BCUT2D eigenvalue weighted by Crippen LogP contribution is -1.97. The number of aromatic nitrogens is 1. The van der Waals surface area contributed by atoms with E-state index in [1.54, 1.807) is 0 Å². The third-order valence-electron chi connectivity index (χ3n) is 2.28. The lowest BCUT2D eigenvalue weighted by atomic mass is 10.0. The number of rotatable bonds is 3. The van der Waals surface area contributed by atoms with Crippen LogP contribution in [0.3, 0.4) is 0 Å². The van der Waals surface area contributed by atoms with E-state index in [0.29, 0.717) is 11.6 Å². The summed E-state index contributed by atoms with van der Waals surface area (Å²) in [6.07, 6.45) is 3.80. The number of hydrogen-bond acceptors (Lipinski definition) is 2. The maximum absolute atomic E-state index is 8.86. The van der Waals surface area contributed by atoms with E-state index in [0.717, 1.165) is 18.4 Å². The summed E-state index contributed by atoms with van der Waals surface area (Å²) in [7, 11) is 0. The molecule has 74 valence electrons. The fourth-order valence-electron chi connectivity index (χ4n) is 1.41. The molecule has 2 heteroatoms. The zero-order valence-corrected chi connectivity index (χ0v) is 9.04. The Morgan fingerprint density at radius 3 is 2.71 bits per heavy atom. The molecule has 0 bridgehead atoms. The molecule has 0 aliphatic rings. The van der Waals surface area contributed by atoms with Crippen LogP contribution in [0.1, 0.15) is 49.9 Å². The SMILES string of the molecule is CCCc1cc(C(C)C)cnc1C#N. The first kappa shape index (κ1) is 10.7. The molecule has 1 heterocycles. The first-order chi connectivity index (χ1) is 6.69. The third kappa shape index (κ3) is 2.32. The van der Waals surface area contributed by atoms with Gasteiger partial charge in [0.05, 0.1) is 0 Å². The zero-order valence-electron chi connectivity index (χ0n) is 9.04. The van der Waals surface area contributed by atoms with Gasteiger partial charge in [0.1, 0.15) is 11.8 Å². The van der Waals surface area contributed by atoms with E-state index in [-0.39, 0.29) is 0 Å². The number of nitrogens with zero attached hydrogens (tertiary/aromatic N) is 2. The Hall–Kier alpha value is -1.36. The van der Waals surface area contributed by atoms with Crippen LogP contribution in [0.2, 0.25) is 0 Å². The van der Waals surface area contributed by atoms with Gasteiger partial charge in [-0.2, -0.15) is 5.26 Å². The Kier molecular flexibility index (Phi) is 3.64. The molecule has 0 aliphatic carbocycles. The van der Waals surface area contributed by atoms with E-state index < -0.39 is 0 Å². The molecule has 1 aromatic heterocycles. The Morgan fingerprint density at radius 1 is 1.50 bits per heavy atom. The van der Waals surface area contributed by atoms with Gasteiger partial charge in [-0.3, -0.25) is 0 Å². The van der Waals surface area contributed by atoms with E-state index in [9.17, 15) is 0 Å². The summed E-state index contributed by atoms with van der Waals surface area (Å²) >= 11 is 0. The lowest BCUT2D eigenvalue weighted by molar-refractivity contribution is 0.839. The maximum Gasteiger partial charge on any atom is 0.143 e. The molecule has 0 spiro atoms. The fourth-order valence-corrected chi connectivity index (χ4v) is 1.41. The topological polar surface area (TPSA) is 36.7 Å². The molecule has 0 saturated heterocycles. The van der Waals surface area contributed by atoms with Gasteiger partial charge in [-0.25, -0.2) is 4.98 Å². The summed E-state index contributed by atoms with van der Waals surface area (Å²) in [5, 5.41) is 8.86. The van der Waals surface area contributed by atoms with Crippen molar-refractivity contribution in [3.05, 3.63) is 29.1 Å². The van der Waals surface area contributed by atoms with Gasteiger partial charge >= 0.3 is 0 Å². The van der Waals surface area contributed by atoms with Crippen molar-refractivity contribution >= 4 is 0 Å². The molecule has 0 saturated carbocycles. The summed E-state index contributed by atoms with van der Waals surface area (Å²) in [5.74, 6) is 0.478. The van der Waals surface area contributed by atoms with Crippen LogP contribution in [-0.2, 0) is 6.42 Å². The average molecular weight is 188 g/mol. The van der Waals surface area contributed by atoms with Crippen LogP contribution < -0.4 is 0 Å². The van der Waals surface area contributed by atoms with Crippen LogP contribution in [0.5, 0.6) is 0 Å². The smallest absolute Gasteiger partial charge is 0.143 e. The van der Waals surface area contributed by atoms with E-state index in [1.807, 2.05) is 6.20 Å². The highest BCUT2D eigenvalue weighted by Gasteiger charge is 2.06. The number of aryl methyl sites for hydroxylation is 1. The van der Waals surface area contributed by atoms with Gasteiger partial charge in [0.25, 0.3) is 0 Å². The Morgan fingerprint density at radius 2 is 2.21 bits per heavy atom.